The van der Waals surface area contributed by atoms with Crippen molar-refractivity contribution in [3.63, 3.8) is 0 Å². The Morgan fingerprint density at radius 1 is 1.27 bits per heavy atom. The van der Waals surface area contributed by atoms with E-state index in [1.54, 1.807) is 0 Å². The van der Waals surface area contributed by atoms with Gasteiger partial charge in [-0.15, -0.1) is 0 Å². The minimum Gasteiger partial charge on any atom is -0.480 e. The van der Waals surface area contributed by atoms with Crippen LogP contribution in [-0.4, -0.2) is 34.4 Å². The summed E-state index contributed by atoms with van der Waals surface area (Å²) >= 11 is 0. The first-order valence-corrected chi connectivity index (χ1v) is 7.18. The zero-order chi connectivity index (χ0) is 16.5. The molecule has 120 valence electrons. The predicted octanol–water partition coefficient (Wildman–Crippen LogP) is 1.51. The van der Waals surface area contributed by atoms with Crippen molar-refractivity contribution in [1.29, 1.82) is 0 Å². The van der Waals surface area contributed by atoms with E-state index in [2.05, 4.69) is 23.2 Å². The Morgan fingerprint density at radius 3 is 2.50 bits per heavy atom. The van der Waals surface area contributed by atoms with Crippen molar-refractivity contribution in [2.24, 2.45) is 17.4 Å². The van der Waals surface area contributed by atoms with Gasteiger partial charge in [0.05, 0.1) is 0 Å². The third-order valence-corrected chi connectivity index (χ3v) is 3.42. The quantitative estimate of drug-likeness (QED) is 0.644. The Labute approximate surface area is 129 Å². The van der Waals surface area contributed by atoms with Gasteiger partial charge in [-0.05, 0) is 43.8 Å². The van der Waals surface area contributed by atoms with Crippen molar-refractivity contribution < 1.29 is 14.7 Å². The number of nitrogens with two attached hydrogens (primary N) is 2. The van der Waals surface area contributed by atoms with Crippen molar-refractivity contribution in [2.75, 3.05) is 6.54 Å². The number of nitrogens with one attached hydrogen (secondary N) is 1. The molecule has 1 unspecified atom stereocenters. The lowest BCUT2D eigenvalue weighted by Gasteiger charge is -2.16. The van der Waals surface area contributed by atoms with Crippen LogP contribution >= 0.6 is 0 Å². The molecule has 2 rings (SSSR count). The van der Waals surface area contributed by atoms with Crippen LogP contribution in [0.5, 0.6) is 0 Å². The number of ketones is 1. The zero-order valence-corrected chi connectivity index (χ0v) is 12.7. The number of Topliss-reactive ketones (excluding diaryl/α,β-unsaturated/α-hetero) is 1. The Balaban J connectivity index is 0.000000231. The highest BCUT2D eigenvalue weighted by atomic mass is 16.4. The van der Waals surface area contributed by atoms with Crippen LogP contribution in [0, 0.1) is 5.92 Å². The highest BCUT2D eigenvalue weighted by Crippen LogP contribution is 2.11. The first-order chi connectivity index (χ1) is 10.5. The Morgan fingerprint density at radius 2 is 1.95 bits per heavy atom. The van der Waals surface area contributed by atoms with Gasteiger partial charge in [0.15, 0.2) is 0 Å². The van der Waals surface area contributed by atoms with Gasteiger partial charge in [-0.1, -0.05) is 18.2 Å². The minimum absolute atomic E-state index is 0.191. The maximum atomic E-state index is 11.0. The van der Waals surface area contributed by atoms with Gasteiger partial charge in [0, 0.05) is 17.6 Å². The molecule has 6 nitrogen and oxygen atoms in total. The predicted molar refractivity (Wildman–Crippen MR) is 86.4 cm³/mol. The van der Waals surface area contributed by atoms with Gasteiger partial charge in [-0.25, -0.2) is 0 Å². The van der Waals surface area contributed by atoms with Crippen molar-refractivity contribution in [2.45, 2.75) is 25.8 Å². The second-order valence-electron chi connectivity index (χ2n) is 5.08. The molecule has 2 aromatic rings. The first-order valence-electron chi connectivity index (χ1n) is 7.18. The normalized spacial score (nSPS) is 13.0. The van der Waals surface area contributed by atoms with Crippen LogP contribution in [0.25, 0.3) is 10.9 Å². The lowest BCUT2D eigenvalue weighted by Crippen LogP contribution is -2.41. The molecule has 6 heteroatoms. The van der Waals surface area contributed by atoms with Gasteiger partial charge in [-0.2, -0.15) is 0 Å². The Bertz CT molecular complexity index is 579. The minimum atomic E-state index is -1.14. The number of hydrogen-bond donors (Lipinski definition) is 4. The fourth-order valence-electron chi connectivity index (χ4n) is 2.14. The van der Waals surface area contributed by atoms with E-state index in [1.807, 2.05) is 18.3 Å². The molecule has 2 atom stereocenters. The summed E-state index contributed by atoms with van der Waals surface area (Å²) in [5.74, 6) is -1.94. The summed E-state index contributed by atoms with van der Waals surface area (Å²) in [4.78, 5) is 24.6. The molecule has 0 saturated carbocycles. The van der Waals surface area contributed by atoms with E-state index >= 15 is 0 Å². The number of carbonyl (C=O) groups is 2. The summed E-state index contributed by atoms with van der Waals surface area (Å²) in [6.07, 6.45) is 3.01. The van der Waals surface area contributed by atoms with Crippen molar-refractivity contribution in [3.05, 3.63) is 36.5 Å². The molecular weight excluding hydrogens is 282 g/mol. The van der Waals surface area contributed by atoms with Crippen LogP contribution in [0.1, 0.15) is 19.8 Å². The number of aromatic nitrogens is 1. The number of para-hydroxylation sites is 1. The maximum Gasteiger partial charge on any atom is 0.321 e. The standard InChI is InChI=1S/C8H16N2O3.C8H7N/c1-5(11)6(3-2-4-9)7(10)8(12)13;1-2-4-8-7(3-1)5-6-9-8/h6-7H,2-4,9-10H2,1H3,(H,12,13);1-6,9H/t6?,7-;/m0./s1. The summed E-state index contributed by atoms with van der Waals surface area (Å²) < 4.78 is 0. The zero-order valence-electron chi connectivity index (χ0n) is 12.7. The van der Waals surface area contributed by atoms with Gasteiger partial charge in [0.2, 0.25) is 0 Å². The molecule has 0 aliphatic rings. The fourth-order valence-corrected chi connectivity index (χ4v) is 2.14. The average Bonchev–Trinajstić information content (AvgIpc) is 2.96. The molecule has 0 fully saturated rings. The number of H-pyrrole nitrogens is 1. The third kappa shape index (κ3) is 5.31. The molecule has 0 spiro atoms. The summed E-state index contributed by atoms with van der Waals surface area (Å²) in [5, 5.41) is 9.87. The first kappa shape index (κ1) is 17.9. The Hall–Kier alpha value is -2.18. The molecule has 1 heterocycles. The third-order valence-electron chi connectivity index (χ3n) is 3.42. The lowest BCUT2D eigenvalue weighted by molar-refractivity contribution is -0.142. The highest BCUT2D eigenvalue weighted by molar-refractivity contribution is 5.86. The number of benzene rings is 1. The largest absolute Gasteiger partial charge is 0.480 e. The maximum absolute atomic E-state index is 11.0. The van der Waals surface area contributed by atoms with E-state index < -0.39 is 17.9 Å². The van der Waals surface area contributed by atoms with Crippen LogP contribution in [-0.2, 0) is 9.59 Å². The van der Waals surface area contributed by atoms with Crippen molar-refractivity contribution >= 4 is 22.7 Å². The van der Waals surface area contributed by atoms with Crippen LogP contribution in [0.15, 0.2) is 36.5 Å². The molecule has 0 radical (unpaired) electrons. The van der Waals surface area contributed by atoms with Gasteiger partial charge < -0.3 is 21.6 Å². The Kier molecular flexibility index (Phi) is 7.28. The van der Waals surface area contributed by atoms with Crippen LogP contribution in [0.3, 0.4) is 0 Å². The van der Waals surface area contributed by atoms with E-state index in [1.165, 1.54) is 17.8 Å². The molecule has 0 saturated heterocycles. The molecule has 0 aliphatic heterocycles. The smallest absolute Gasteiger partial charge is 0.321 e. The number of carboxylic acid groups (broad SMARTS) is 1. The second kappa shape index (κ2) is 8.96. The molecule has 0 aliphatic carbocycles. The molecule has 1 aromatic heterocycles. The summed E-state index contributed by atoms with van der Waals surface area (Å²) in [5.41, 5.74) is 11.8. The van der Waals surface area contributed by atoms with Crippen molar-refractivity contribution in [1.82, 2.24) is 4.98 Å². The van der Waals surface area contributed by atoms with E-state index in [0.717, 1.165) is 0 Å². The fraction of sp³-hybridized carbons (Fsp3) is 0.375. The second-order valence-corrected chi connectivity index (χ2v) is 5.08. The van der Waals surface area contributed by atoms with E-state index in [0.29, 0.717) is 19.4 Å². The number of carbonyl (C=O) groups excluding carboxylic acids is 1. The van der Waals surface area contributed by atoms with E-state index in [-0.39, 0.29) is 5.78 Å². The van der Waals surface area contributed by atoms with Gasteiger partial charge in [0.25, 0.3) is 0 Å². The number of aromatic amines is 1. The topological polar surface area (TPSA) is 122 Å². The van der Waals surface area contributed by atoms with E-state index in [4.69, 9.17) is 16.6 Å². The van der Waals surface area contributed by atoms with Gasteiger partial charge in [-0.3, -0.25) is 9.59 Å². The van der Waals surface area contributed by atoms with Crippen LogP contribution in [0.4, 0.5) is 0 Å². The molecule has 6 N–H and O–H groups in total. The summed E-state index contributed by atoms with van der Waals surface area (Å²) in [6.45, 7) is 1.79. The summed E-state index contributed by atoms with van der Waals surface area (Å²) in [6, 6.07) is 9.18. The van der Waals surface area contributed by atoms with E-state index in [9.17, 15) is 9.59 Å². The number of carboxylic acids is 1. The number of hydrogen-bond acceptors (Lipinski definition) is 4. The number of fused-ring (bicyclic) bond motifs is 1. The van der Waals surface area contributed by atoms with Crippen LogP contribution in [0.2, 0.25) is 0 Å². The number of aliphatic carboxylic acids is 1. The molecular formula is C16H23N3O3. The molecule has 0 bridgehead atoms. The molecule has 0 amide bonds. The summed E-state index contributed by atoms with van der Waals surface area (Å²) in [7, 11) is 0. The van der Waals surface area contributed by atoms with Gasteiger partial charge >= 0.3 is 5.97 Å². The average molecular weight is 305 g/mol. The monoisotopic (exact) mass is 305 g/mol. The lowest BCUT2D eigenvalue weighted by atomic mass is 9.91. The van der Waals surface area contributed by atoms with Crippen LogP contribution < -0.4 is 11.5 Å². The molecule has 22 heavy (non-hydrogen) atoms. The number of rotatable bonds is 6. The molecule has 1 aromatic carbocycles. The van der Waals surface area contributed by atoms with Crippen molar-refractivity contribution in [3.8, 4) is 0 Å². The SMILES string of the molecule is CC(=O)C(CCCN)[C@H](N)C(=O)O.c1ccc2[nH]ccc2c1. The van der Waals surface area contributed by atoms with Gasteiger partial charge in [0.1, 0.15) is 11.8 Å². The highest BCUT2D eigenvalue weighted by Gasteiger charge is 2.27.